The average molecular weight is 489 g/mol. The lowest BCUT2D eigenvalue weighted by Crippen LogP contribution is -2.09. The molecule has 2 unspecified atom stereocenters. The van der Waals surface area contributed by atoms with Crippen molar-refractivity contribution in [3.8, 4) is 11.5 Å². The molecule has 0 aromatic heterocycles. The molecule has 0 bridgehead atoms. The fraction of sp³-hybridized carbons (Fsp3) is 0.400. The zero-order chi connectivity index (χ0) is 24.5. The van der Waals surface area contributed by atoms with Gasteiger partial charge in [-0.25, -0.2) is 9.78 Å². The topological polar surface area (TPSA) is 62.0 Å². The molecule has 0 spiro atoms. The van der Waals surface area contributed by atoms with Gasteiger partial charge >= 0.3 is 0 Å². The summed E-state index contributed by atoms with van der Waals surface area (Å²) in [7, 11) is 0. The summed E-state index contributed by atoms with van der Waals surface area (Å²) < 4.78 is 22.6. The Morgan fingerprint density at radius 2 is 1.14 bits per heavy atom. The molecule has 0 N–H and O–H groups in total. The van der Waals surface area contributed by atoms with Crippen LogP contribution < -0.4 is 9.47 Å². The summed E-state index contributed by atoms with van der Waals surface area (Å²) in [6.07, 6.45) is 0.474. The van der Waals surface area contributed by atoms with E-state index in [1.54, 1.807) is 0 Å². The maximum absolute atomic E-state index is 5.99. The normalized spacial score (nSPS) is 21.8. The predicted molar refractivity (Wildman–Crippen MR) is 135 cm³/mol. The molecule has 6 rings (SSSR count). The summed E-state index contributed by atoms with van der Waals surface area (Å²) in [4.78, 5) is 10.2. The van der Waals surface area contributed by atoms with E-state index in [4.69, 9.17) is 28.7 Å². The summed E-state index contributed by atoms with van der Waals surface area (Å²) in [5.74, 6) is 2.17. The lowest BCUT2D eigenvalue weighted by molar-refractivity contribution is -0.248. The van der Waals surface area contributed by atoms with Crippen LogP contribution in [-0.2, 0) is 19.2 Å². The van der Waals surface area contributed by atoms with Crippen molar-refractivity contribution in [1.29, 1.82) is 0 Å². The first-order valence-electron chi connectivity index (χ1n) is 12.7. The Bertz CT molecular complexity index is 1130. The van der Waals surface area contributed by atoms with Crippen molar-refractivity contribution in [2.75, 3.05) is 39.6 Å². The third-order valence-corrected chi connectivity index (χ3v) is 7.08. The van der Waals surface area contributed by atoms with E-state index in [-0.39, 0.29) is 24.0 Å². The Morgan fingerprint density at radius 3 is 1.58 bits per heavy atom. The van der Waals surface area contributed by atoms with Crippen molar-refractivity contribution < 1.29 is 28.7 Å². The van der Waals surface area contributed by atoms with Crippen LogP contribution in [0.2, 0.25) is 0 Å². The predicted octanol–water partition coefficient (Wildman–Crippen LogP) is 5.08. The monoisotopic (exact) mass is 488 g/mol. The summed E-state index contributed by atoms with van der Waals surface area (Å²) in [5.41, 5.74) is 7.16. The van der Waals surface area contributed by atoms with E-state index in [9.17, 15) is 0 Å². The number of benzene rings is 3. The smallest absolute Gasteiger partial charge is 0.122 e. The highest BCUT2D eigenvalue weighted by atomic mass is 17.2. The molecule has 6 heteroatoms. The van der Waals surface area contributed by atoms with Gasteiger partial charge in [0.05, 0.1) is 26.4 Å². The Morgan fingerprint density at radius 1 is 0.667 bits per heavy atom. The maximum Gasteiger partial charge on any atom is 0.122 e. The van der Waals surface area contributed by atoms with Gasteiger partial charge in [-0.1, -0.05) is 48.5 Å². The molecule has 6 nitrogen and oxygen atoms in total. The van der Waals surface area contributed by atoms with Crippen LogP contribution in [0, 0.1) is 13.8 Å². The molecule has 0 saturated carbocycles. The third-order valence-electron chi connectivity index (χ3n) is 7.08. The van der Waals surface area contributed by atoms with Crippen molar-refractivity contribution >= 4 is 0 Å². The van der Waals surface area contributed by atoms with Gasteiger partial charge in [0.15, 0.2) is 0 Å². The van der Waals surface area contributed by atoms with Gasteiger partial charge in [-0.05, 0) is 59.4 Å². The molecule has 2 atom stereocenters. The van der Waals surface area contributed by atoms with Crippen LogP contribution in [0.1, 0.15) is 45.2 Å². The van der Waals surface area contributed by atoms with E-state index >= 15 is 0 Å². The minimum absolute atomic E-state index is 0.0779. The summed E-state index contributed by atoms with van der Waals surface area (Å²) in [6.45, 7) is 8.20. The van der Waals surface area contributed by atoms with Crippen molar-refractivity contribution in [3.05, 3.63) is 94.0 Å². The molecule has 3 saturated heterocycles. The first kappa shape index (κ1) is 23.5. The van der Waals surface area contributed by atoms with Gasteiger partial charge in [0.1, 0.15) is 36.9 Å². The Balaban J connectivity index is 1.31. The fourth-order valence-electron chi connectivity index (χ4n) is 4.76. The van der Waals surface area contributed by atoms with Gasteiger partial charge in [0, 0.05) is 11.8 Å². The lowest BCUT2D eigenvalue weighted by atomic mass is 9.83. The third kappa shape index (κ3) is 5.42. The highest BCUT2D eigenvalue weighted by Gasteiger charge is 2.26. The second-order valence-electron chi connectivity index (χ2n) is 9.95. The fourth-order valence-corrected chi connectivity index (χ4v) is 4.76. The zero-order valence-electron chi connectivity index (χ0n) is 20.8. The number of aryl methyl sites for hydroxylation is 2. The van der Waals surface area contributed by atoms with Gasteiger partial charge in [-0.2, -0.15) is 0 Å². The molecule has 3 aliphatic heterocycles. The van der Waals surface area contributed by atoms with Crippen LogP contribution in [0.5, 0.6) is 11.5 Å². The highest BCUT2D eigenvalue weighted by Crippen LogP contribution is 2.37. The standard InChI is InChI=1S/C30H32O6/c1-19-11-23(7-9-28(19)33-17-26-15-31-26)30(22-5-3-21(4-6-22)25-13-35-36-14-25)24-8-10-29(20(2)12-24)34-18-27-16-32-27/h3-12,25-27,30H,13-18H2,1-2H3. The van der Waals surface area contributed by atoms with E-state index in [1.807, 2.05) is 0 Å². The minimum atomic E-state index is 0.0779. The number of rotatable bonds is 10. The summed E-state index contributed by atoms with van der Waals surface area (Å²) in [6, 6.07) is 21.9. The van der Waals surface area contributed by atoms with Crippen molar-refractivity contribution in [3.63, 3.8) is 0 Å². The highest BCUT2D eigenvalue weighted by molar-refractivity contribution is 5.50. The van der Waals surface area contributed by atoms with Crippen LogP contribution in [0.4, 0.5) is 0 Å². The zero-order valence-corrected chi connectivity index (χ0v) is 20.8. The Hall–Kier alpha value is -2.90. The number of hydrogen-bond donors (Lipinski definition) is 0. The van der Waals surface area contributed by atoms with E-state index in [0.717, 1.165) is 35.8 Å². The number of epoxide rings is 2. The van der Waals surface area contributed by atoms with Crippen LogP contribution in [0.25, 0.3) is 0 Å². The quantitative estimate of drug-likeness (QED) is 0.225. The minimum Gasteiger partial charge on any atom is -0.491 e. The SMILES string of the molecule is Cc1cc(C(c2ccc(C3COOC3)cc2)c2ccc(OCC3CO3)c(C)c2)ccc1OCC1CO1. The van der Waals surface area contributed by atoms with Gasteiger partial charge in [0.2, 0.25) is 0 Å². The molecule has 3 heterocycles. The van der Waals surface area contributed by atoms with Gasteiger partial charge in [-0.3, -0.25) is 0 Å². The molecule has 36 heavy (non-hydrogen) atoms. The Labute approximate surface area is 212 Å². The molecule has 3 aromatic carbocycles. The molecule has 188 valence electrons. The van der Waals surface area contributed by atoms with Crippen LogP contribution in [0.15, 0.2) is 60.7 Å². The lowest BCUT2D eigenvalue weighted by Gasteiger charge is -2.22. The second-order valence-corrected chi connectivity index (χ2v) is 9.95. The molecule has 0 amide bonds. The van der Waals surface area contributed by atoms with Crippen molar-refractivity contribution in [2.24, 2.45) is 0 Å². The largest absolute Gasteiger partial charge is 0.491 e. The maximum atomic E-state index is 5.99. The van der Waals surface area contributed by atoms with Crippen molar-refractivity contribution in [2.45, 2.75) is 37.9 Å². The molecular weight excluding hydrogens is 456 g/mol. The molecular formula is C30H32O6. The number of hydrogen-bond acceptors (Lipinski definition) is 6. The molecule has 3 aliphatic rings. The van der Waals surface area contributed by atoms with Crippen LogP contribution >= 0.6 is 0 Å². The van der Waals surface area contributed by atoms with E-state index in [2.05, 4.69) is 74.5 Å². The van der Waals surface area contributed by atoms with Crippen molar-refractivity contribution in [1.82, 2.24) is 0 Å². The van der Waals surface area contributed by atoms with E-state index < -0.39 is 0 Å². The van der Waals surface area contributed by atoms with Crippen LogP contribution in [-0.4, -0.2) is 51.8 Å². The van der Waals surface area contributed by atoms with Crippen LogP contribution in [0.3, 0.4) is 0 Å². The summed E-state index contributed by atoms with van der Waals surface area (Å²) in [5, 5.41) is 0. The number of ether oxygens (including phenoxy) is 4. The average Bonchev–Trinajstić information content (AvgIpc) is 3.83. The van der Waals surface area contributed by atoms with Gasteiger partial charge < -0.3 is 18.9 Å². The van der Waals surface area contributed by atoms with Gasteiger partial charge in [-0.15, -0.1) is 0 Å². The first-order chi connectivity index (χ1) is 17.6. The van der Waals surface area contributed by atoms with E-state index in [0.29, 0.717) is 26.4 Å². The molecule has 3 aromatic rings. The van der Waals surface area contributed by atoms with E-state index in [1.165, 1.54) is 22.3 Å². The molecule has 0 aliphatic carbocycles. The first-order valence-corrected chi connectivity index (χ1v) is 12.7. The van der Waals surface area contributed by atoms with Gasteiger partial charge in [0.25, 0.3) is 0 Å². The summed E-state index contributed by atoms with van der Waals surface area (Å²) >= 11 is 0. The second kappa shape index (κ2) is 10.2. The molecule has 3 fully saturated rings. The molecule has 0 radical (unpaired) electrons. The Kier molecular flexibility index (Phi) is 6.67.